The Balaban J connectivity index is 2.08. The summed E-state index contributed by atoms with van der Waals surface area (Å²) < 4.78 is 12.1. The molecule has 2 unspecified atom stereocenters. The lowest BCUT2D eigenvalue weighted by Gasteiger charge is -2.35. The van der Waals surface area contributed by atoms with Gasteiger partial charge in [-0.1, -0.05) is 48.0 Å². The molecule has 1 aliphatic rings. The van der Waals surface area contributed by atoms with Crippen LogP contribution in [0.2, 0.25) is 5.02 Å². The van der Waals surface area contributed by atoms with E-state index in [9.17, 15) is 5.11 Å². The lowest BCUT2D eigenvalue weighted by molar-refractivity contribution is -0.225. The third kappa shape index (κ3) is 3.40. The van der Waals surface area contributed by atoms with E-state index >= 15 is 0 Å². The maximum Gasteiger partial charge on any atom is 0.191 e. The molecule has 0 aromatic heterocycles. The topological polar surface area (TPSA) is 41.9 Å². The molecule has 3 aromatic rings. The molecule has 1 N–H and O–H groups in total. The summed E-state index contributed by atoms with van der Waals surface area (Å²) in [5.74, 6) is -0.759. The minimum atomic E-state index is -1.47. The second-order valence-electron chi connectivity index (χ2n) is 8.08. The molecule has 0 bridgehead atoms. The standard InChI is InChI=1S/C25H26ClNO3/c1-24(28)22-14-13-20(29-4)15-23(22)25(30-24,18-9-11-19(26)12-10-18)21-8-6-5-7-17(21)16-27(2)3/h5-15,28H,16H2,1-4H3. The Kier molecular flexibility index (Phi) is 5.37. The second-order valence-corrected chi connectivity index (χ2v) is 8.52. The normalized spacial score (nSPS) is 22.9. The predicted octanol–water partition coefficient (Wildman–Crippen LogP) is 4.90. The van der Waals surface area contributed by atoms with Crippen LogP contribution < -0.4 is 4.74 Å². The van der Waals surface area contributed by atoms with Crippen molar-refractivity contribution in [2.24, 2.45) is 0 Å². The largest absolute Gasteiger partial charge is 0.497 e. The number of nitrogens with zero attached hydrogens (tertiary/aromatic N) is 1. The number of rotatable bonds is 5. The predicted molar refractivity (Wildman–Crippen MR) is 119 cm³/mol. The van der Waals surface area contributed by atoms with E-state index in [1.807, 2.05) is 68.7 Å². The van der Waals surface area contributed by atoms with E-state index < -0.39 is 11.4 Å². The molecule has 156 valence electrons. The third-order valence-corrected chi connectivity index (χ3v) is 5.84. The Labute approximate surface area is 182 Å². The smallest absolute Gasteiger partial charge is 0.191 e. The Morgan fingerprint density at radius 2 is 1.67 bits per heavy atom. The Morgan fingerprint density at radius 1 is 0.967 bits per heavy atom. The number of fused-ring (bicyclic) bond motifs is 1. The van der Waals surface area contributed by atoms with E-state index in [1.165, 1.54) is 0 Å². The SMILES string of the molecule is COc1ccc2c(c1)C(c1ccc(Cl)cc1)(c1ccccc1CN(C)C)OC2(C)O. The Bertz CT molecular complexity index is 1060. The van der Waals surface area contributed by atoms with Gasteiger partial charge in [0.25, 0.3) is 0 Å². The fraction of sp³-hybridized carbons (Fsp3) is 0.280. The zero-order chi connectivity index (χ0) is 21.5. The lowest BCUT2D eigenvalue weighted by atomic mass is 9.77. The van der Waals surface area contributed by atoms with Gasteiger partial charge in [0.15, 0.2) is 5.79 Å². The number of hydrogen-bond acceptors (Lipinski definition) is 4. The highest BCUT2D eigenvalue weighted by molar-refractivity contribution is 6.30. The van der Waals surface area contributed by atoms with E-state index in [4.69, 9.17) is 21.1 Å². The number of halogens is 1. The summed E-state index contributed by atoms with van der Waals surface area (Å²) in [6, 6.07) is 21.5. The van der Waals surface area contributed by atoms with Crippen molar-refractivity contribution in [1.29, 1.82) is 0 Å². The van der Waals surface area contributed by atoms with Crippen molar-refractivity contribution >= 4 is 11.6 Å². The monoisotopic (exact) mass is 423 g/mol. The molecule has 4 nitrogen and oxygen atoms in total. The molecular weight excluding hydrogens is 398 g/mol. The van der Waals surface area contributed by atoms with Gasteiger partial charge in [-0.25, -0.2) is 0 Å². The van der Waals surface area contributed by atoms with Crippen molar-refractivity contribution in [3.8, 4) is 5.75 Å². The zero-order valence-electron chi connectivity index (χ0n) is 17.6. The first kappa shape index (κ1) is 20.9. The number of aliphatic hydroxyl groups is 1. The molecule has 30 heavy (non-hydrogen) atoms. The summed E-state index contributed by atoms with van der Waals surface area (Å²) in [5, 5.41) is 11.9. The highest BCUT2D eigenvalue weighted by Crippen LogP contribution is 2.54. The molecule has 3 aromatic carbocycles. The highest BCUT2D eigenvalue weighted by Gasteiger charge is 2.53. The first-order valence-corrected chi connectivity index (χ1v) is 10.3. The molecule has 2 atom stereocenters. The highest BCUT2D eigenvalue weighted by atomic mass is 35.5. The van der Waals surface area contributed by atoms with Gasteiger partial charge in [-0.15, -0.1) is 0 Å². The van der Waals surface area contributed by atoms with Gasteiger partial charge in [-0.05, 0) is 68.0 Å². The van der Waals surface area contributed by atoms with Crippen molar-refractivity contribution in [3.05, 3.63) is 99.6 Å². The van der Waals surface area contributed by atoms with E-state index in [0.717, 1.165) is 34.4 Å². The quantitative estimate of drug-likeness (QED) is 0.634. The van der Waals surface area contributed by atoms with E-state index in [2.05, 4.69) is 17.0 Å². The van der Waals surface area contributed by atoms with Crippen molar-refractivity contribution in [1.82, 2.24) is 4.90 Å². The molecule has 0 spiro atoms. The summed E-state index contributed by atoms with van der Waals surface area (Å²) in [7, 11) is 5.71. The van der Waals surface area contributed by atoms with Crippen LogP contribution in [0, 0.1) is 0 Å². The number of hydrogen-bond donors (Lipinski definition) is 1. The fourth-order valence-corrected chi connectivity index (χ4v) is 4.48. The van der Waals surface area contributed by atoms with Gasteiger partial charge in [-0.2, -0.15) is 0 Å². The van der Waals surface area contributed by atoms with Crippen molar-refractivity contribution in [2.75, 3.05) is 21.2 Å². The van der Waals surface area contributed by atoms with Crippen LogP contribution in [-0.4, -0.2) is 31.2 Å². The van der Waals surface area contributed by atoms with Gasteiger partial charge >= 0.3 is 0 Å². The van der Waals surface area contributed by atoms with Gasteiger partial charge < -0.3 is 19.5 Å². The summed E-state index contributed by atoms with van der Waals surface area (Å²) in [5.41, 5.74) is 3.56. The number of methoxy groups -OCH3 is 1. The van der Waals surface area contributed by atoms with Gasteiger partial charge in [0.05, 0.1) is 7.11 Å². The van der Waals surface area contributed by atoms with E-state index in [0.29, 0.717) is 10.8 Å². The fourth-order valence-electron chi connectivity index (χ4n) is 4.35. The lowest BCUT2D eigenvalue weighted by Crippen LogP contribution is -2.34. The molecule has 5 heteroatoms. The van der Waals surface area contributed by atoms with Gasteiger partial charge in [0, 0.05) is 22.7 Å². The minimum absolute atomic E-state index is 0.645. The van der Waals surface area contributed by atoms with Crippen LogP contribution in [0.15, 0.2) is 66.7 Å². The Hall–Kier alpha value is -2.37. The minimum Gasteiger partial charge on any atom is -0.497 e. The van der Waals surface area contributed by atoms with Crippen LogP contribution in [0.3, 0.4) is 0 Å². The van der Waals surface area contributed by atoms with Gasteiger partial charge in [0.1, 0.15) is 11.4 Å². The number of ether oxygens (including phenoxy) is 2. The second kappa shape index (κ2) is 7.71. The third-order valence-electron chi connectivity index (χ3n) is 5.59. The molecule has 0 saturated carbocycles. The average molecular weight is 424 g/mol. The van der Waals surface area contributed by atoms with Crippen LogP contribution in [0.5, 0.6) is 5.75 Å². The first-order valence-electron chi connectivity index (χ1n) is 9.88. The zero-order valence-corrected chi connectivity index (χ0v) is 18.4. The maximum absolute atomic E-state index is 11.3. The molecular formula is C25H26ClNO3. The van der Waals surface area contributed by atoms with Gasteiger partial charge in [-0.3, -0.25) is 0 Å². The van der Waals surface area contributed by atoms with Crippen molar-refractivity contribution in [3.63, 3.8) is 0 Å². The summed E-state index contributed by atoms with van der Waals surface area (Å²) in [4.78, 5) is 2.12. The maximum atomic E-state index is 11.3. The number of benzene rings is 3. The molecule has 1 aliphatic heterocycles. The summed E-state index contributed by atoms with van der Waals surface area (Å²) >= 11 is 6.20. The van der Waals surface area contributed by atoms with Crippen LogP contribution in [0.25, 0.3) is 0 Å². The van der Waals surface area contributed by atoms with Gasteiger partial charge in [0.2, 0.25) is 0 Å². The molecule has 0 saturated heterocycles. The van der Waals surface area contributed by atoms with Crippen LogP contribution in [-0.2, 0) is 22.7 Å². The molecule has 1 heterocycles. The first-order chi connectivity index (χ1) is 14.3. The van der Waals surface area contributed by atoms with E-state index in [1.54, 1.807) is 14.0 Å². The average Bonchev–Trinajstić information content (AvgIpc) is 2.96. The molecule has 4 rings (SSSR count). The molecule has 0 aliphatic carbocycles. The summed E-state index contributed by atoms with van der Waals surface area (Å²) in [6.07, 6.45) is 0. The van der Waals surface area contributed by atoms with Crippen molar-refractivity contribution in [2.45, 2.75) is 24.9 Å². The molecule has 0 amide bonds. The van der Waals surface area contributed by atoms with Crippen LogP contribution >= 0.6 is 11.6 Å². The molecule has 0 radical (unpaired) electrons. The van der Waals surface area contributed by atoms with Crippen LogP contribution in [0.1, 0.15) is 34.7 Å². The summed E-state index contributed by atoms with van der Waals surface area (Å²) in [6.45, 7) is 2.42. The van der Waals surface area contributed by atoms with Crippen molar-refractivity contribution < 1.29 is 14.6 Å². The Morgan fingerprint density at radius 3 is 2.33 bits per heavy atom. The molecule has 0 fully saturated rings. The van der Waals surface area contributed by atoms with E-state index in [-0.39, 0.29) is 0 Å². The van der Waals surface area contributed by atoms with Crippen LogP contribution in [0.4, 0.5) is 0 Å².